The summed E-state index contributed by atoms with van der Waals surface area (Å²) in [5, 5.41) is 3.37. The molecule has 1 N–H and O–H groups in total. The number of methoxy groups -OCH3 is 1. The van der Waals surface area contributed by atoms with Crippen molar-refractivity contribution in [1.82, 2.24) is 14.9 Å². The van der Waals surface area contributed by atoms with Crippen LogP contribution in [-0.2, 0) is 13.5 Å². The first-order valence-corrected chi connectivity index (χ1v) is 6.65. The van der Waals surface area contributed by atoms with Gasteiger partial charge in [0.2, 0.25) is 0 Å². The van der Waals surface area contributed by atoms with E-state index >= 15 is 0 Å². The molecule has 0 amide bonds. The topological polar surface area (TPSA) is 39.1 Å². The third kappa shape index (κ3) is 3.36. The van der Waals surface area contributed by atoms with Gasteiger partial charge >= 0.3 is 0 Å². The minimum Gasteiger partial charge on any atom is -0.494 e. The van der Waals surface area contributed by atoms with Crippen molar-refractivity contribution >= 4 is 0 Å². The van der Waals surface area contributed by atoms with E-state index < -0.39 is 0 Å². The molecule has 2 aromatic rings. The fourth-order valence-corrected chi connectivity index (χ4v) is 2.11. The van der Waals surface area contributed by atoms with Crippen LogP contribution in [0.3, 0.4) is 0 Å². The molecule has 1 aromatic carbocycles. The zero-order valence-electron chi connectivity index (χ0n) is 12.1. The fraction of sp³-hybridized carbons (Fsp3) is 0.400. The zero-order chi connectivity index (χ0) is 14.5. The molecule has 108 valence electrons. The Morgan fingerprint density at radius 3 is 2.85 bits per heavy atom. The van der Waals surface area contributed by atoms with Crippen LogP contribution < -0.4 is 10.1 Å². The Bertz CT molecular complexity index is 568. The smallest absolute Gasteiger partial charge is 0.165 e. The molecule has 0 saturated heterocycles. The van der Waals surface area contributed by atoms with Gasteiger partial charge in [-0.3, -0.25) is 0 Å². The summed E-state index contributed by atoms with van der Waals surface area (Å²) < 4.78 is 20.6. The molecule has 1 heterocycles. The van der Waals surface area contributed by atoms with E-state index in [4.69, 9.17) is 4.74 Å². The number of rotatable bonds is 6. The van der Waals surface area contributed by atoms with Crippen molar-refractivity contribution in [3.05, 3.63) is 47.8 Å². The number of nitrogens with zero attached hydrogens (tertiary/aromatic N) is 2. The lowest BCUT2D eigenvalue weighted by atomic mass is 10.1. The third-order valence-electron chi connectivity index (χ3n) is 3.40. The Balaban J connectivity index is 1.90. The minimum atomic E-state index is -0.331. The van der Waals surface area contributed by atoms with Gasteiger partial charge in [0, 0.05) is 38.4 Å². The highest BCUT2D eigenvalue weighted by Gasteiger charge is 2.09. The van der Waals surface area contributed by atoms with E-state index in [9.17, 15) is 4.39 Å². The maximum absolute atomic E-state index is 13.6. The van der Waals surface area contributed by atoms with Crippen molar-refractivity contribution in [2.24, 2.45) is 7.05 Å². The average Bonchev–Trinajstić information content (AvgIpc) is 2.84. The number of ether oxygens (including phenoxy) is 1. The fourth-order valence-electron chi connectivity index (χ4n) is 2.11. The van der Waals surface area contributed by atoms with Crippen LogP contribution in [0.25, 0.3) is 0 Å². The highest BCUT2D eigenvalue weighted by atomic mass is 19.1. The Kier molecular flexibility index (Phi) is 4.74. The van der Waals surface area contributed by atoms with Gasteiger partial charge in [-0.05, 0) is 24.6 Å². The quantitative estimate of drug-likeness (QED) is 0.881. The summed E-state index contributed by atoms with van der Waals surface area (Å²) in [5.41, 5.74) is 0.906. The number of halogens is 1. The van der Waals surface area contributed by atoms with Crippen molar-refractivity contribution in [2.45, 2.75) is 19.4 Å². The van der Waals surface area contributed by atoms with Crippen LogP contribution in [0.2, 0.25) is 0 Å². The van der Waals surface area contributed by atoms with Gasteiger partial charge in [0.05, 0.1) is 7.11 Å². The zero-order valence-corrected chi connectivity index (χ0v) is 12.1. The normalized spacial score (nSPS) is 12.4. The summed E-state index contributed by atoms with van der Waals surface area (Å²) in [4.78, 5) is 4.27. The second kappa shape index (κ2) is 6.52. The monoisotopic (exact) mass is 277 g/mol. The lowest BCUT2D eigenvalue weighted by Gasteiger charge is -2.15. The van der Waals surface area contributed by atoms with E-state index in [1.54, 1.807) is 12.3 Å². The van der Waals surface area contributed by atoms with E-state index in [1.165, 1.54) is 13.2 Å². The average molecular weight is 277 g/mol. The molecular formula is C15H20FN3O. The second-order valence-electron chi connectivity index (χ2n) is 4.77. The number of aromatic nitrogens is 2. The minimum absolute atomic E-state index is 0.0793. The third-order valence-corrected chi connectivity index (χ3v) is 3.40. The van der Waals surface area contributed by atoms with E-state index in [0.717, 1.165) is 24.4 Å². The van der Waals surface area contributed by atoms with Crippen LogP contribution in [0.4, 0.5) is 4.39 Å². The second-order valence-corrected chi connectivity index (χ2v) is 4.77. The summed E-state index contributed by atoms with van der Waals surface area (Å²) in [6.45, 7) is 2.80. The van der Waals surface area contributed by atoms with Gasteiger partial charge in [0.1, 0.15) is 5.82 Å². The molecule has 4 nitrogen and oxygen atoms in total. The lowest BCUT2D eigenvalue weighted by Crippen LogP contribution is -2.22. The molecule has 1 atom stereocenters. The number of aryl methyl sites for hydroxylation is 1. The predicted octanol–water partition coefficient (Wildman–Crippen LogP) is 2.46. The molecule has 2 rings (SSSR count). The molecule has 1 aromatic heterocycles. The van der Waals surface area contributed by atoms with E-state index in [-0.39, 0.29) is 17.6 Å². The first kappa shape index (κ1) is 14.5. The Labute approximate surface area is 118 Å². The maximum atomic E-state index is 13.6. The largest absolute Gasteiger partial charge is 0.494 e. The van der Waals surface area contributed by atoms with Crippen molar-refractivity contribution in [1.29, 1.82) is 0 Å². The molecule has 20 heavy (non-hydrogen) atoms. The number of hydrogen-bond donors (Lipinski definition) is 1. The molecule has 0 spiro atoms. The van der Waals surface area contributed by atoms with Crippen molar-refractivity contribution in [3.8, 4) is 5.75 Å². The Morgan fingerprint density at radius 2 is 2.25 bits per heavy atom. The highest BCUT2D eigenvalue weighted by molar-refractivity contribution is 5.30. The van der Waals surface area contributed by atoms with Crippen LogP contribution in [0.5, 0.6) is 5.75 Å². The molecule has 0 saturated carbocycles. The van der Waals surface area contributed by atoms with Crippen LogP contribution in [0, 0.1) is 5.82 Å². The SMILES string of the molecule is COc1ccc(C(C)NCCc2nccn2C)cc1F. The number of benzene rings is 1. The lowest BCUT2D eigenvalue weighted by molar-refractivity contribution is 0.385. The molecule has 0 aliphatic heterocycles. The number of imidazole rings is 1. The van der Waals surface area contributed by atoms with E-state index in [0.29, 0.717) is 0 Å². The Hall–Kier alpha value is -1.88. The van der Waals surface area contributed by atoms with Crippen LogP contribution in [0.1, 0.15) is 24.4 Å². The van der Waals surface area contributed by atoms with Crippen LogP contribution in [-0.4, -0.2) is 23.2 Å². The standard InChI is InChI=1S/C15H20FN3O/c1-11(12-4-5-14(20-3)13(16)10-12)17-7-6-15-18-8-9-19(15)2/h4-5,8-11,17H,6-7H2,1-3H3. The first-order chi connectivity index (χ1) is 9.61. The summed E-state index contributed by atoms with van der Waals surface area (Å²) in [6.07, 6.45) is 4.56. The van der Waals surface area contributed by atoms with Gasteiger partial charge in [-0.25, -0.2) is 9.37 Å². The van der Waals surface area contributed by atoms with Crippen LogP contribution in [0.15, 0.2) is 30.6 Å². The number of nitrogens with one attached hydrogen (secondary N) is 1. The van der Waals surface area contributed by atoms with Gasteiger partial charge < -0.3 is 14.6 Å². The van der Waals surface area contributed by atoms with Gasteiger partial charge in [-0.2, -0.15) is 0 Å². The summed E-state index contributed by atoms with van der Waals surface area (Å²) in [7, 11) is 3.44. The van der Waals surface area contributed by atoms with Crippen LogP contribution >= 0.6 is 0 Å². The molecule has 0 fully saturated rings. The maximum Gasteiger partial charge on any atom is 0.165 e. The molecule has 1 unspecified atom stereocenters. The summed E-state index contributed by atoms with van der Waals surface area (Å²) >= 11 is 0. The molecule has 0 bridgehead atoms. The predicted molar refractivity (Wildman–Crippen MR) is 76.3 cm³/mol. The molecule has 5 heteroatoms. The first-order valence-electron chi connectivity index (χ1n) is 6.65. The van der Waals surface area contributed by atoms with Crippen molar-refractivity contribution < 1.29 is 9.13 Å². The highest BCUT2D eigenvalue weighted by Crippen LogP contribution is 2.21. The molecule has 0 radical (unpaired) electrons. The summed E-state index contributed by atoms with van der Waals surface area (Å²) in [6, 6.07) is 5.12. The van der Waals surface area contributed by atoms with Gasteiger partial charge in [-0.1, -0.05) is 6.07 Å². The van der Waals surface area contributed by atoms with Gasteiger partial charge in [0.15, 0.2) is 11.6 Å². The number of hydrogen-bond acceptors (Lipinski definition) is 3. The van der Waals surface area contributed by atoms with E-state index in [2.05, 4.69) is 10.3 Å². The van der Waals surface area contributed by atoms with Crippen molar-refractivity contribution in [3.63, 3.8) is 0 Å². The Morgan fingerprint density at radius 1 is 1.45 bits per heavy atom. The molecule has 0 aliphatic rings. The summed E-state index contributed by atoms with van der Waals surface area (Å²) in [5.74, 6) is 0.974. The molecule has 0 aliphatic carbocycles. The van der Waals surface area contributed by atoms with E-state index in [1.807, 2.05) is 30.8 Å². The van der Waals surface area contributed by atoms with Crippen molar-refractivity contribution in [2.75, 3.05) is 13.7 Å². The van der Waals surface area contributed by atoms with Gasteiger partial charge in [-0.15, -0.1) is 0 Å². The molecular weight excluding hydrogens is 257 g/mol. The van der Waals surface area contributed by atoms with Gasteiger partial charge in [0.25, 0.3) is 0 Å².